The lowest BCUT2D eigenvalue weighted by molar-refractivity contribution is -0.121. The maximum Gasteiger partial charge on any atom is 0.267 e. The number of benzene rings is 2. The van der Waals surface area contributed by atoms with Crippen molar-refractivity contribution in [2.75, 3.05) is 12.0 Å². The topological polar surface area (TPSA) is 32.3 Å². The summed E-state index contributed by atoms with van der Waals surface area (Å²) >= 11 is 18.5. The quantitative estimate of drug-likeness (QED) is 0.537. The van der Waals surface area contributed by atoms with E-state index in [0.717, 1.165) is 0 Å². The molecule has 3 nitrogen and oxygen atoms in total. The van der Waals surface area contributed by atoms with E-state index in [-0.39, 0.29) is 18.4 Å². The number of hydrogen-bond acceptors (Lipinski definition) is 4. The number of carbonyl (C=O) groups is 1. The molecule has 2 aromatic carbocycles. The van der Waals surface area contributed by atoms with Crippen molar-refractivity contribution < 1.29 is 9.18 Å². The molecule has 3 rings (SSSR count). The number of rotatable bonds is 4. The Kier molecular flexibility index (Phi) is 5.64. The predicted molar refractivity (Wildman–Crippen MR) is 106 cm³/mol. The van der Waals surface area contributed by atoms with Crippen LogP contribution in [-0.2, 0) is 4.79 Å². The van der Waals surface area contributed by atoms with Crippen molar-refractivity contribution in [2.45, 2.75) is 0 Å². The normalized spacial score (nSPS) is 16.0. The van der Waals surface area contributed by atoms with E-state index in [2.05, 4.69) is 5.32 Å². The summed E-state index contributed by atoms with van der Waals surface area (Å²) in [5.74, 6) is -0.533. The van der Waals surface area contributed by atoms with Crippen molar-refractivity contribution in [3.8, 4) is 0 Å². The average molecular weight is 413 g/mol. The Morgan fingerprint density at radius 1 is 1.20 bits per heavy atom. The highest BCUT2D eigenvalue weighted by atomic mass is 35.5. The van der Waals surface area contributed by atoms with Gasteiger partial charge in [0.2, 0.25) is 0 Å². The summed E-state index contributed by atoms with van der Waals surface area (Å²) in [6.45, 7) is 0.196. The van der Waals surface area contributed by atoms with Crippen LogP contribution in [0.3, 0.4) is 0 Å². The lowest BCUT2D eigenvalue weighted by Crippen LogP contribution is -2.33. The molecule has 0 atom stereocenters. The first-order valence-corrected chi connectivity index (χ1v) is 9.12. The Bertz CT molecular complexity index is 871. The fourth-order valence-corrected chi connectivity index (χ4v) is 3.84. The summed E-state index contributed by atoms with van der Waals surface area (Å²) in [6, 6.07) is 10.9. The molecule has 0 spiro atoms. The van der Waals surface area contributed by atoms with Gasteiger partial charge in [-0.15, -0.1) is 0 Å². The Labute approximate surface area is 163 Å². The summed E-state index contributed by atoms with van der Waals surface area (Å²) in [6.07, 6.45) is 1.69. The van der Waals surface area contributed by atoms with Crippen molar-refractivity contribution in [3.63, 3.8) is 0 Å². The van der Waals surface area contributed by atoms with Crippen LogP contribution in [0.1, 0.15) is 5.56 Å². The van der Waals surface area contributed by atoms with Gasteiger partial charge in [-0.3, -0.25) is 9.69 Å². The number of amides is 1. The highest BCUT2D eigenvalue weighted by Crippen LogP contribution is 2.34. The molecule has 128 valence electrons. The van der Waals surface area contributed by atoms with Crippen LogP contribution < -0.4 is 5.32 Å². The van der Waals surface area contributed by atoms with E-state index in [1.807, 2.05) is 0 Å². The van der Waals surface area contributed by atoms with E-state index in [1.165, 1.54) is 28.8 Å². The van der Waals surface area contributed by atoms with Gasteiger partial charge < -0.3 is 5.32 Å². The molecule has 1 heterocycles. The number of nitrogens with one attached hydrogen (secondary N) is 1. The third-order valence-corrected chi connectivity index (χ3v) is 5.35. The van der Waals surface area contributed by atoms with E-state index < -0.39 is 0 Å². The van der Waals surface area contributed by atoms with E-state index in [1.54, 1.807) is 36.4 Å². The highest BCUT2D eigenvalue weighted by molar-refractivity contribution is 8.26. The average Bonchev–Trinajstić information content (AvgIpc) is 2.83. The molecule has 1 saturated heterocycles. The summed E-state index contributed by atoms with van der Waals surface area (Å²) in [5, 5.41) is 4.03. The van der Waals surface area contributed by atoms with Crippen molar-refractivity contribution in [1.82, 2.24) is 4.90 Å². The zero-order valence-electron chi connectivity index (χ0n) is 12.6. The predicted octanol–water partition coefficient (Wildman–Crippen LogP) is 5.40. The van der Waals surface area contributed by atoms with Crippen LogP contribution in [0.25, 0.3) is 6.08 Å². The lowest BCUT2D eigenvalue weighted by atomic mass is 10.2. The Morgan fingerprint density at radius 3 is 2.60 bits per heavy atom. The van der Waals surface area contributed by atoms with Gasteiger partial charge in [0.05, 0.1) is 11.6 Å². The number of halogens is 3. The lowest BCUT2D eigenvalue weighted by Gasteiger charge is -2.16. The zero-order valence-corrected chi connectivity index (χ0v) is 15.8. The van der Waals surface area contributed by atoms with Gasteiger partial charge >= 0.3 is 0 Å². The van der Waals surface area contributed by atoms with Gasteiger partial charge in [0, 0.05) is 15.7 Å². The summed E-state index contributed by atoms with van der Waals surface area (Å²) < 4.78 is 13.4. The molecule has 1 aliphatic rings. The van der Waals surface area contributed by atoms with E-state index in [4.69, 9.17) is 35.4 Å². The maximum absolute atomic E-state index is 12.9. The van der Waals surface area contributed by atoms with Crippen molar-refractivity contribution >= 4 is 69.2 Å². The minimum atomic E-state index is -0.320. The minimum Gasteiger partial charge on any atom is -0.367 e. The molecule has 2 aromatic rings. The number of anilines is 1. The Hall–Kier alpha value is -1.60. The Balaban J connectivity index is 1.73. The molecular formula is C17H11Cl2FN2OS2. The molecule has 0 radical (unpaired) electrons. The van der Waals surface area contributed by atoms with Crippen molar-refractivity contribution in [1.29, 1.82) is 0 Å². The van der Waals surface area contributed by atoms with Crippen molar-refractivity contribution in [3.05, 3.63) is 68.8 Å². The van der Waals surface area contributed by atoms with Crippen LogP contribution >= 0.6 is 47.2 Å². The smallest absolute Gasteiger partial charge is 0.267 e. The van der Waals surface area contributed by atoms with Gasteiger partial charge in [-0.2, -0.15) is 0 Å². The van der Waals surface area contributed by atoms with E-state index in [0.29, 0.717) is 30.5 Å². The fraction of sp³-hybridized carbons (Fsp3) is 0.0588. The summed E-state index contributed by atoms with van der Waals surface area (Å²) in [5.41, 5.74) is 1.39. The number of thioether (sulfide) groups is 1. The van der Waals surface area contributed by atoms with Crippen LogP contribution in [0.2, 0.25) is 10.0 Å². The third kappa shape index (κ3) is 4.33. The maximum atomic E-state index is 12.9. The number of carbonyl (C=O) groups excluding carboxylic acids is 1. The van der Waals surface area contributed by atoms with E-state index >= 15 is 0 Å². The van der Waals surface area contributed by atoms with Gasteiger partial charge in [0.15, 0.2) is 0 Å². The monoisotopic (exact) mass is 412 g/mol. The second-order valence-electron chi connectivity index (χ2n) is 5.12. The fourth-order valence-electron chi connectivity index (χ4n) is 2.13. The van der Waals surface area contributed by atoms with Crippen molar-refractivity contribution in [2.24, 2.45) is 0 Å². The Morgan fingerprint density at radius 2 is 1.92 bits per heavy atom. The SMILES string of the molecule is O=C1/C(=C\c2ccc(Cl)cc2Cl)SC(=S)N1CNc1ccc(F)cc1. The number of nitrogens with zero attached hydrogens (tertiary/aromatic N) is 1. The molecule has 0 aliphatic carbocycles. The standard InChI is InChI=1S/C17H11Cl2FN2OS2/c18-11-2-1-10(14(19)8-11)7-15-16(23)22(17(24)25-15)9-21-13-5-3-12(20)4-6-13/h1-8,21H,9H2/b15-7+. The molecule has 0 unspecified atom stereocenters. The molecule has 1 amide bonds. The minimum absolute atomic E-state index is 0.196. The van der Waals surface area contributed by atoms with Gasteiger partial charge in [-0.1, -0.05) is 53.2 Å². The van der Waals surface area contributed by atoms with Crippen LogP contribution in [0.4, 0.5) is 10.1 Å². The summed E-state index contributed by atoms with van der Waals surface area (Å²) in [7, 11) is 0. The van der Waals surface area contributed by atoms with Gasteiger partial charge in [0.1, 0.15) is 10.1 Å². The number of hydrogen-bond donors (Lipinski definition) is 1. The van der Waals surface area contributed by atoms with Gasteiger partial charge in [-0.05, 0) is 48.0 Å². The van der Waals surface area contributed by atoms with Crippen LogP contribution in [0.5, 0.6) is 0 Å². The molecule has 8 heteroatoms. The first kappa shape index (κ1) is 18.2. The largest absolute Gasteiger partial charge is 0.367 e. The van der Waals surface area contributed by atoms with Gasteiger partial charge in [-0.25, -0.2) is 4.39 Å². The molecule has 0 saturated carbocycles. The molecule has 0 aromatic heterocycles. The first-order valence-electron chi connectivity index (χ1n) is 7.14. The molecule has 1 N–H and O–H groups in total. The molecule has 1 aliphatic heterocycles. The van der Waals surface area contributed by atoms with Gasteiger partial charge in [0.25, 0.3) is 5.91 Å². The van der Waals surface area contributed by atoms with Crippen LogP contribution in [0, 0.1) is 5.82 Å². The van der Waals surface area contributed by atoms with Crippen LogP contribution in [-0.4, -0.2) is 21.8 Å². The second-order valence-corrected chi connectivity index (χ2v) is 7.64. The third-order valence-electron chi connectivity index (χ3n) is 3.41. The highest BCUT2D eigenvalue weighted by Gasteiger charge is 2.31. The molecule has 1 fully saturated rings. The molecule has 0 bridgehead atoms. The summed E-state index contributed by atoms with van der Waals surface area (Å²) in [4.78, 5) is 14.5. The van der Waals surface area contributed by atoms with E-state index in [9.17, 15) is 9.18 Å². The van der Waals surface area contributed by atoms with Crippen LogP contribution in [0.15, 0.2) is 47.4 Å². The molecule has 25 heavy (non-hydrogen) atoms. The first-order chi connectivity index (χ1) is 11.9. The molecular weight excluding hydrogens is 402 g/mol. The zero-order chi connectivity index (χ0) is 18.0. The number of thiocarbonyl (C=S) groups is 1. The second kappa shape index (κ2) is 7.74.